The minimum Gasteiger partial charge on any atom is -0.469 e. The summed E-state index contributed by atoms with van der Waals surface area (Å²) in [6, 6.07) is 4.87. The van der Waals surface area contributed by atoms with Crippen LogP contribution in [-0.2, 0) is 15.7 Å². The molecule has 1 aromatic rings. The second-order valence-corrected chi connectivity index (χ2v) is 5.85. The van der Waals surface area contributed by atoms with Crippen molar-refractivity contribution in [1.29, 1.82) is 0 Å². The third-order valence-corrected chi connectivity index (χ3v) is 4.38. The highest BCUT2D eigenvalue weighted by atomic mass is 19.4. The Bertz CT molecular complexity index is 568. The first-order valence-electron chi connectivity index (χ1n) is 7.42. The molecule has 1 aliphatic rings. The minimum absolute atomic E-state index is 0.190. The number of esters is 1. The lowest BCUT2D eigenvalue weighted by atomic mass is 9.72. The number of allylic oxidation sites excluding steroid dienone is 1. The third-order valence-electron chi connectivity index (χ3n) is 4.38. The van der Waals surface area contributed by atoms with Gasteiger partial charge in [0.1, 0.15) is 0 Å². The van der Waals surface area contributed by atoms with Crippen molar-refractivity contribution in [2.75, 3.05) is 13.7 Å². The molecule has 0 aromatic heterocycles. The van der Waals surface area contributed by atoms with E-state index in [0.717, 1.165) is 17.7 Å². The fourth-order valence-corrected chi connectivity index (χ4v) is 3.14. The number of benzene rings is 1. The molecular formula is C17H20F3NO2. The summed E-state index contributed by atoms with van der Waals surface area (Å²) in [7, 11) is 1.35. The average molecular weight is 327 g/mol. The lowest BCUT2D eigenvalue weighted by Crippen LogP contribution is -2.44. The molecule has 0 saturated carbocycles. The number of nitrogens with one attached hydrogen (secondary N) is 1. The highest BCUT2D eigenvalue weighted by Gasteiger charge is 2.43. The Labute approximate surface area is 133 Å². The van der Waals surface area contributed by atoms with Gasteiger partial charge in [-0.2, -0.15) is 13.2 Å². The first-order valence-corrected chi connectivity index (χ1v) is 7.42. The minimum atomic E-state index is -4.35. The zero-order chi connectivity index (χ0) is 17.1. The van der Waals surface area contributed by atoms with E-state index >= 15 is 0 Å². The number of hydrogen-bond donors (Lipinski definition) is 1. The predicted molar refractivity (Wildman–Crippen MR) is 80.7 cm³/mol. The van der Waals surface area contributed by atoms with Gasteiger partial charge in [-0.15, -0.1) is 6.58 Å². The molecule has 23 heavy (non-hydrogen) atoms. The molecule has 3 nitrogen and oxygen atoms in total. The maximum Gasteiger partial charge on any atom is 0.416 e. The van der Waals surface area contributed by atoms with Gasteiger partial charge in [-0.1, -0.05) is 18.2 Å². The first-order chi connectivity index (χ1) is 10.8. The summed E-state index contributed by atoms with van der Waals surface area (Å²) in [5, 5.41) is 3.26. The summed E-state index contributed by atoms with van der Waals surface area (Å²) in [6.07, 6.45) is -1.10. The van der Waals surface area contributed by atoms with Gasteiger partial charge in [-0.05, 0) is 43.5 Å². The van der Waals surface area contributed by atoms with Crippen LogP contribution in [-0.4, -0.2) is 19.6 Å². The van der Waals surface area contributed by atoms with Crippen LogP contribution in [0.2, 0.25) is 0 Å². The summed E-state index contributed by atoms with van der Waals surface area (Å²) < 4.78 is 42.9. The summed E-state index contributed by atoms with van der Waals surface area (Å²) in [5.41, 5.74) is -0.618. The number of ether oxygens (including phenoxy) is 1. The van der Waals surface area contributed by atoms with Gasteiger partial charge in [-0.3, -0.25) is 4.79 Å². The third kappa shape index (κ3) is 3.75. The number of halogens is 3. The SMILES string of the molecule is C=CCC1(C(=O)OC)CCN[C@H](c2ccc(C(F)(F)F)cc2)C1. The summed E-state index contributed by atoms with van der Waals surface area (Å²) in [4.78, 5) is 12.2. The van der Waals surface area contributed by atoms with Gasteiger partial charge in [0.05, 0.1) is 18.1 Å². The van der Waals surface area contributed by atoms with Crippen molar-refractivity contribution in [3.05, 3.63) is 48.0 Å². The Morgan fingerprint density at radius 2 is 2.09 bits per heavy atom. The number of alkyl halides is 3. The van der Waals surface area contributed by atoms with E-state index in [0.29, 0.717) is 25.8 Å². The van der Waals surface area contributed by atoms with Crippen LogP contribution in [0.3, 0.4) is 0 Å². The smallest absolute Gasteiger partial charge is 0.416 e. The van der Waals surface area contributed by atoms with Gasteiger partial charge in [0.15, 0.2) is 0 Å². The van der Waals surface area contributed by atoms with Crippen LogP contribution in [0.15, 0.2) is 36.9 Å². The van der Waals surface area contributed by atoms with Crippen molar-refractivity contribution >= 4 is 5.97 Å². The zero-order valence-corrected chi connectivity index (χ0v) is 13.0. The molecule has 0 spiro atoms. The van der Waals surface area contributed by atoms with Gasteiger partial charge in [0, 0.05) is 6.04 Å². The maximum atomic E-state index is 12.6. The molecule has 1 aromatic carbocycles. The van der Waals surface area contributed by atoms with E-state index in [9.17, 15) is 18.0 Å². The van der Waals surface area contributed by atoms with Crippen molar-refractivity contribution < 1.29 is 22.7 Å². The van der Waals surface area contributed by atoms with Crippen molar-refractivity contribution in [1.82, 2.24) is 5.32 Å². The molecule has 1 fully saturated rings. The van der Waals surface area contributed by atoms with E-state index in [1.165, 1.54) is 19.2 Å². The van der Waals surface area contributed by atoms with Crippen LogP contribution in [0, 0.1) is 5.41 Å². The topological polar surface area (TPSA) is 38.3 Å². The van der Waals surface area contributed by atoms with Gasteiger partial charge < -0.3 is 10.1 Å². The number of hydrogen-bond acceptors (Lipinski definition) is 3. The van der Waals surface area contributed by atoms with E-state index in [1.54, 1.807) is 6.08 Å². The zero-order valence-electron chi connectivity index (χ0n) is 13.0. The van der Waals surface area contributed by atoms with Gasteiger partial charge in [0.2, 0.25) is 0 Å². The lowest BCUT2D eigenvalue weighted by Gasteiger charge is -2.39. The summed E-state index contributed by atoms with van der Waals surface area (Å²) in [5.74, 6) is -0.296. The number of methoxy groups -OCH3 is 1. The van der Waals surface area contributed by atoms with Crippen molar-refractivity contribution in [2.24, 2.45) is 5.41 Å². The van der Waals surface area contributed by atoms with E-state index in [-0.39, 0.29) is 12.0 Å². The molecule has 1 aliphatic heterocycles. The van der Waals surface area contributed by atoms with E-state index in [1.807, 2.05) is 0 Å². The standard InChI is InChI=1S/C17H20F3NO2/c1-3-8-16(15(22)23-2)9-10-21-14(11-16)12-4-6-13(7-5-12)17(18,19)20/h3-7,14,21H,1,8-11H2,2H3/t14-,16?/m0/s1. The van der Waals surface area contributed by atoms with Crippen LogP contribution in [0.25, 0.3) is 0 Å². The fourth-order valence-electron chi connectivity index (χ4n) is 3.14. The monoisotopic (exact) mass is 327 g/mol. The normalized spacial score (nSPS) is 25.0. The molecule has 1 heterocycles. The van der Waals surface area contributed by atoms with E-state index < -0.39 is 17.2 Å². The summed E-state index contributed by atoms with van der Waals surface area (Å²) in [6.45, 7) is 4.29. The van der Waals surface area contributed by atoms with Crippen LogP contribution in [0.4, 0.5) is 13.2 Å². The maximum absolute atomic E-state index is 12.6. The second-order valence-electron chi connectivity index (χ2n) is 5.85. The number of rotatable bonds is 4. The fraction of sp³-hybridized carbons (Fsp3) is 0.471. The van der Waals surface area contributed by atoms with Crippen molar-refractivity contribution in [3.63, 3.8) is 0 Å². The molecule has 126 valence electrons. The Morgan fingerprint density at radius 3 is 2.61 bits per heavy atom. The molecule has 2 atom stereocenters. The van der Waals surface area contributed by atoms with Crippen LogP contribution in [0.1, 0.15) is 36.4 Å². The predicted octanol–water partition coefficient (Wildman–Crippen LogP) is 3.87. The van der Waals surface area contributed by atoms with Crippen LogP contribution in [0.5, 0.6) is 0 Å². The van der Waals surface area contributed by atoms with Crippen molar-refractivity contribution in [2.45, 2.75) is 31.5 Å². The molecule has 1 saturated heterocycles. The van der Waals surface area contributed by atoms with Crippen LogP contribution < -0.4 is 5.32 Å². The Kier molecular flexibility index (Phi) is 5.14. The molecule has 0 amide bonds. The lowest BCUT2D eigenvalue weighted by molar-refractivity contribution is -0.155. The molecule has 1 N–H and O–H groups in total. The summed E-state index contributed by atoms with van der Waals surface area (Å²) >= 11 is 0. The molecular weight excluding hydrogens is 307 g/mol. The Morgan fingerprint density at radius 1 is 1.43 bits per heavy atom. The van der Waals surface area contributed by atoms with E-state index in [4.69, 9.17) is 4.74 Å². The largest absolute Gasteiger partial charge is 0.469 e. The average Bonchev–Trinajstić information content (AvgIpc) is 2.54. The second kappa shape index (κ2) is 6.74. The molecule has 0 aliphatic carbocycles. The van der Waals surface area contributed by atoms with E-state index in [2.05, 4.69) is 11.9 Å². The van der Waals surface area contributed by atoms with Crippen LogP contribution >= 0.6 is 0 Å². The molecule has 6 heteroatoms. The van der Waals surface area contributed by atoms with Crippen molar-refractivity contribution in [3.8, 4) is 0 Å². The number of carbonyl (C=O) groups is 1. The van der Waals surface area contributed by atoms with Gasteiger partial charge in [-0.25, -0.2) is 0 Å². The highest BCUT2D eigenvalue weighted by Crippen LogP contribution is 2.41. The first kappa shape index (κ1) is 17.5. The number of carbonyl (C=O) groups excluding carboxylic acids is 1. The number of piperidine rings is 1. The van der Waals surface area contributed by atoms with Gasteiger partial charge in [0.25, 0.3) is 0 Å². The molecule has 1 unspecified atom stereocenters. The Balaban J connectivity index is 2.23. The van der Waals surface area contributed by atoms with Gasteiger partial charge >= 0.3 is 12.1 Å². The molecule has 0 radical (unpaired) electrons. The quantitative estimate of drug-likeness (QED) is 0.674. The highest BCUT2D eigenvalue weighted by molar-refractivity contribution is 5.77. The Hall–Kier alpha value is -1.82. The molecule has 0 bridgehead atoms. The molecule has 2 rings (SSSR count).